The van der Waals surface area contributed by atoms with Gasteiger partial charge in [-0.15, -0.1) is 0 Å². The lowest BCUT2D eigenvalue weighted by atomic mass is 10.1. The Labute approximate surface area is 123 Å². The van der Waals surface area contributed by atoms with Gasteiger partial charge in [0.05, 0.1) is 5.69 Å². The average molecular weight is 344 g/mol. The third-order valence-electron chi connectivity index (χ3n) is 2.91. The fourth-order valence-electron chi connectivity index (χ4n) is 2.12. The minimum absolute atomic E-state index is 0.0810. The highest BCUT2D eigenvalue weighted by atomic mass is 79.9. The van der Waals surface area contributed by atoms with Crippen molar-refractivity contribution < 1.29 is 18.7 Å². The van der Waals surface area contributed by atoms with Gasteiger partial charge in [0.1, 0.15) is 17.3 Å². The van der Waals surface area contributed by atoms with Crippen LogP contribution in [0.25, 0.3) is 11.3 Å². The van der Waals surface area contributed by atoms with Crippen molar-refractivity contribution in [3.8, 4) is 11.3 Å². The van der Waals surface area contributed by atoms with Crippen molar-refractivity contribution in [3.63, 3.8) is 0 Å². The van der Waals surface area contributed by atoms with E-state index in [1.165, 1.54) is 16.7 Å². The van der Waals surface area contributed by atoms with Gasteiger partial charge in [-0.25, -0.2) is 13.6 Å². The Kier molecular flexibility index (Phi) is 4.23. The van der Waals surface area contributed by atoms with Crippen LogP contribution in [-0.2, 0) is 6.54 Å². The van der Waals surface area contributed by atoms with Gasteiger partial charge in [-0.2, -0.15) is 0 Å². The first-order valence-corrected chi connectivity index (χ1v) is 6.82. The lowest BCUT2D eigenvalue weighted by molar-refractivity contribution is 0.0685. The Balaban J connectivity index is 2.67. The zero-order valence-corrected chi connectivity index (χ0v) is 12.2. The number of carbonyl (C=O) groups is 1. The van der Waals surface area contributed by atoms with Crippen LogP contribution in [-0.4, -0.2) is 15.6 Å². The molecule has 0 amide bonds. The fraction of sp³-hybridized carbons (Fsp3) is 0.214. The van der Waals surface area contributed by atoms with Crippen LogP contribution in [0.4, 0.5) is 8.78 Å². The van der Waals surface area contributed by atoms with Crippen molar-refractivity contribution in [2.24, 2.45) is 0 Å². The average Bonchev–Trinajstić information content (AvgIpc) is 2.72. The molecule has 0 aliphatic heterocycles. The molecule has 106 valence electrons. The molecule has 0 fully saturated rings. The molecule has 1 aromatic carbocycles. The van der Waals surface area contributed by atoms with Gasteiger partial charge in [-0.05, 0) is 40.5 Å². The Morgan fingerprint density at radius 1 is 1.35 bits per heavy atom. The molecule has 0 saturated carbocycles. The van der Waals surface area contributed by atoms with Crippen LogP contribution in [0.2, 0.25) is 0 Å². The molecule has 3 nitrogen and oxygen atoms in total. The van der Waals surface area contributed by atoms with Crippen molar-refractivity contribution >= 4 is 21.9 Å². The number of halogens is 3. The standard InChI is InChI=1S/C14H12BrF2NO2/c1-2-5-18-11(3-4-12(18)14(19)20)13-9(15)6-8(16)7-10(13)17/h3-4,6-7H,2,5H2,1H3,(H,19,20). The van der Waals surface area contributed by atoms with E-state index in [1.807, 2.05) is 6.92 Å². The first-order valence-electron chi connectivity index (χ1n) is 6.03. The summed E-state index contributed by atoms with van der Waals surface area (Å²) in [4.78, 5) is 11.2. The molecular weight excluding hydrogens is 332 g/mol. The number of hydrogen-bond acceptors (Lipinski definition) is 1. The number of carboxylic acid groups (broad SMARTS) is 1. The molecule has 1 aromatic heterocycles. The van der Waals surface area contributed by atoms with Crippen molar-refractivity contribution in [3.05, 3.63) is 46.1 Å². The summed E-state index contributed by atoms with van der Waals surface area (Å²) >= 11 is 3.13. The molecule has 0 bridgehead atoms. The van der Waals surface area contributed by atoms with Crippen LogP contribution >= 0.6 is 15.9 Å². The second-order valence-corrected chi connectivity index (χ2v) is 5.16. The number of nitrogens with zero attached hydrogens (tertiary/aromatic N) is 1. The number of aromatic nitrogens is 1. The number of hydrogen-bond donors (Lipinski definition) is 1. The minimum Gasteiger partial charge on any atom is -0.477 e. The molecule has 0 radical (unpaired) electrons. The number of benzene rings is 1. The summed E-state index contributed by atoms with van der Waals surface area (Å²) in [5.41, 5.74) is 0.651. The van der Waals surface area contributed by atoms with E-state index >= 15 is 0 Å². The summed E-state index contributed by atoms with van der Waals surface area (Å²) < 4.78 is 28.9. The van der Waals surface area contributed by atoms with Crippen LogP contribution in [0.3, 0.4) is 0 Å². The Hall–Kier alpha value is -1.69. The second kappa shape index (κ2) is 5.75. The van der Waals surface area contributed by atoms with Crippen molar-refractivity contribution in [2.75, 3.05) is 0 Å². The molecule has 1 heterocycles. The van der Waals surface area contributed by atoms with Gasteiger partial charge >= 0.3 is 5.97 Å². The zero-order chi connectivity index (χ0) is 14.9. The SMILES string of the molecule is CCCn1c(C(=O)O)ccc1-c1c(F)cc(F)cc1Br. The van der Waals surface area contributed by atoms with Gasteiger partial charge in [-0.3, -0.25) is 0 Å². The molecule has 0 unspecified atom stereocenters. The maximum Gasteiger partial charge on any atom is 0.352 e. The second-order valence-electron chi connectivity index (χ2n) is 4.31. The normalized spacial score (nSPS) is 10.8. The van der Waals surface area contributed by atoms with Gasteiger partial charge in [-0.1, -0.05) is 6.92 Å². The van der Waals surface area contributed by atoms with E-state index in [9.17, 15) is 13.6 Å². The summed E-state index contributed by atoms with van der Waals surface area (Å²) in [6.45, 7) is 2.33. The summed E-state index contributed by atoms with van der Waals surface area (Å²) in [6, 6.07) is 4.88. The predicted molar refractivity (Wildman–Crippen MR) is 74.7 cm³/mol. The van der Waals surface area contributed by atoms with E-state index in [-0.39, 0.29) is 15.7 Å². The van der Waals surface area contributed by atoms with E-state index in [2.05, 4.69) is 15.9 Å². The van der Waals surface area contributed by atoms with Crippen molar-refractivity contribution in [1.82, 2.24) is 4.57 Å². The molecule has 0 spiro atoms. The van der Waals surface area contributed by atoms with Crippen LogP contribution in [0.15, 0.2) is 28.7 Å². The molecule has 20 heavy (non-hydrogen) atoms. The largest absolute Gasteiger partial charge is 0.477 e. The van der Waals surface area contributed by atoms with Crippen molar-refractivity contribution in [2.45, 2.75) is 19.9 Å². The van der Waals surface area contributed by atoms with Crippen LogP contribution in [0, 0.1) is 11.6 Å². The summed E-state index contributed by atoms with van der Waals surface area (Å²) in [5, 5.41) is 9.15. The lowest BCUT2D eigenvalue weighted by Crippen LogP contribution is -2.10. The molecule has 2 aromatic rings. The molecule has 0 atom stereocenters. The predicted octanol–water partition coefficient (Wildman–Crippen LogP) is 4.30. The fourth-order valence-corrected chi connectivity index (χ4v) is 2.74. The number of carboxylic acids is 1. The summed E-state index contributed by atoms with van der Waals surface area (Å²) in [6.07, 6.45) is 0.697. The highest BCUT2D eigenvalue weighted by molar-refractivity contribution is 9.10. The van der Waals surface area contributed by atoms with Gasteiger partial charge in [0.15, 0.2) is 0 Å². The van der Waals surface area contributed by atoms with Crippen LogP contribution < -0.4 is 0 Å². The Morgan fingerprint density at radius 2 is 2.05 bits per heavy atom. The molecule has 0 aliphatic rings. The smallest absolute Gasteiger partial charge is 0.352 e. The van der Waals surface area contributed by atoms with E-state index in [0.717, 1.165) is 12.1 Å². The van der Waals surface area contributed by atoms with Crippen LogP contribution in [0.1, 0.15) is 23.8 Å². The van der Waals surface area contributed by atoms with E-state index < -0.39 is 17.6 Å². The molecule has 6 heteroatoms. The maximum absolute atomic E-state index is 14.0. The number of aromatic carboxylic acids is 1. The van der Waals surface area contributed by atoms with Gasteiger partial charge < -0.3 is 9.67 Å². The van der Waals surface area contributed by atoms with Gasteiger partial charge in [0.2, 0.25) is 0 Å². The molecule has 0 aliphatic carbocycles. The molecule has 1 N–H and O–H groups in total. The summed E-state index contributed by atoms with van der Waals surface area (Å²) in [7, 11) is 0. The highest BCUT2D eigenvalue weighted by Gasteiger charge is 2.19. The monoisotopic (exact) mass is 343 g/mol. The quantitative estimate of drug-likeness (QED) is 0.898. The summed E-state index contributed by atoms with van der Waals surface area (Å²) in [5.74, 6) is -2.50. The van der Waals surface area contributed by atoms with Gasteiger partial charge in [0, 0.05) is 22.6 Å². The lowest BCUT2D eigenvalue weighted by Gasteiger charge is -2.13. The Bertz CT molecular complexity index is 644. The maximum atomic E-state index is 14.0. The molecular formula is C14H12BrF2NO2. The highest BCUT2D eigenvalue weighted by Crippen LogP contribution is 2.33. The first-order chi connectivity index (χ1) is 9.45. The third-order valence-corrected chi connectivity index (χ3v) is 3.54. The van der Waals surface area contributed by atoms with E-state index in [0.29, 0.717) is 18.7 Å². The van der Waals surface area contributed by atoms with Gasteiger partial charge in [0.25, 0.3) is 0 Å². The topological polar surface area (TPSA) is 42.2 Å². The molecule has 0 saturated heterocycles. The third kappa shape index (κ3) is 2.60. The molecule has 2 rings (SSSR count). The van der Waals surface area contributed by atoms with E-state index in [4.69, 9.17) is 5.11 Å². The first kappa shape index (κ1) is 14.7. The minimum atomic E-state index is -1.08. The number of rotatable bonds is 4. The van der Waals surface area contributed by atoms with Crippen molar-refractivity contribution in [1.29, 1.82) is 0 Å². The Morgan fingerprint density at radius 3 is 2.60 bits per heavy atom. The zero-order valence-electron chi connectivity index (χ0n) is 10.7. The van der Waals surface area contributed by atoms with Crippen LogP contribution in [0.5, 0.6) is 0 Å². The van der Waals surface area contributed by atoms with E-state index in [1.54, 1.807) is 0 Å².